The van der Waals surface area contributed by atoms with Crippen LogP contribution in [0.1, 0.15) is 15.9 Å². The quantitative estimate of drug-likeness (QED) is 0.508. The number of amides is 1. The van der Waals surface area contributed by atoms with Crippen LogP contribution in [0.5, 0.6) is 0 Å². The van der Waals surface area contributed by atoms with E-state index in [1.807, 2.05) is 6.07 Å². The molecule has 2 aromatic rings. The number of nitro benzene ring substituents is 1. The van der Waals surface area contributed by atoms with Crippen molar-refractivity contribution >= 4 is 23.0 Å². The minimum absolute atomic E-state index is 0.0218. The second-order valence-electron chi connectivity index (χ2n) is 4.17. The maximum atomic E-state index is 12.1. The Balaban J connectivity index is 2.25. The molecule has 7 nitrogen and oxygen atoms in total. The molecule has 2 aromatic carbocycles. The summed E-state index contributed by atoms with van der Waals surface area (Å²) in [6, 6.07) is 11.8. The van der Waals surface area contributed by atoms with Crippen LogP contribution in [0.4, 0.5) is 17.1 Å². The van der Waals surface area contributed by atoms with Crippen molar-refractivity contribution in [2.24, 2.45) is 0 Å². The second kappa shape index (κ2) is 5.71. The molecule has 0 fully saturated rings. The zero-order valence-corrected chi connectivity index (χ0v) is 10.7. The molecule has 7 heteroatoms. The summed E-state index contributed by atoms with van der Waals surface area (Å²) in [5, 5.41) is 22.0. The summed E-state index contributed by atoms with van der Waals surface area (Å²) in [4.78, 5) is 22.2. The molecule has 0 atom stereocenters. The van der Waals surface area contributed by atoms with Crippen molar-refractivity contribution in [1.82, 2.24) is 0 Å². The zero-order chi connectivity index (χ0) is 15.4. The van der Waals surface area contributed by atoms with Gasteiger partial charge in [-0.3, -0.25) is 14.9 Å². The van der Waals surface area contributed by atoms with E-state index in [2.05, 4.69) is 5.32 Å². The predicted octanol–water partition coefficient (Wildman–Crippen LogP) is 2.30. The number of hydrogen-bond acceptors (Lipinski definition) is 5. The van der Waals surface area contributed by atoms with Crippen LogP contribution in [0.25, 0.3) is 0 Å². The third-order valence-corrected chi connectivity index (χ3v) is 2.76. The molecule has 0 heterocycles. The Morgan fingerprint density at radius 3 is 2.48 bits per heavy atom. The van der Waals surface area contributed by atoms with Crippen molar-refractivity contribution in [3.8, 4) is 6.07 Å². The smallest absolute Gasteiger partial charge is 0.270 e. The SMILES string of the molecule is N#Cc1ccc(NC(=O)c2cc([N+](=O)[O-])ccc2N)cc1. The van der Waals surface area contributed by atoms with Crippen LogP contribution >= 0.6 is 0 Å². The first-order valence-electron chi connectivity index (χ1n) is 5.86. The molecule has 3 N–H and O–H groups in total. The fourth-order valence-electron chi connectivity index (χ4n) is 1.68. The number of nitro groups is 1. The summed E-state index contributed by atoms with van der Waals surface area (Å²) in [5.41, 5.74) is 6.54. The Kier molecular flexibility index (Phi) is 3.81. The number of nitrogens with one attached hydrogen (secondary N) is 1. The average molecular weight is 282 g/mol. The molecule has 0 spiro atoms. The van der Waals surface area contributed by atoms with Crippen molar-refractivity contribution in [2.75, 3.05) is 11.1 Å². The van der Waals surface area contributed by atoms with Gasteiger partial charge in [0.25, 0.3) is 11.6 Å². The van der Waals surface area contributed by atoms with E-state index in [0.717, 1.165) is 6.07 Å². The number of nitrogens with two attached hydrogens (primary N) is 1. The Morgan fingerprint density at radius 1 is 1.24 bits per heavy atom. The fourth-order valence-corrected chi connectivity index (χ4v) is 1.68. The van der Waals surface area contributed by atoms with Crippen LogP contribution in [-0.4, -0.2) is 10.8 Å². The van der Waals surface area contributed by atoms with E-state index in [-0.39, 0.29) is 16.9 Å². The van der Waals surface area contributed by atoms with Crippen molar-refractivity contribution in [3.05, 3.63) is 63.7 Å². The molecule has 0 radical (unpaired) electrons. The first kappa shape index (κ1) is 14.0. The maximum absolute atomic E-state index is 12.1. The molecule has 0 saturated carbocycles. The van der Waals surface area contributed by atoms with Crippen LogP contribution in [-0.2, 0) is 0 Å². The highest BCUT2D eigenvalue weighted by atomic mass is 16.6. The zero-order valence-electron chi connectivity index (χ0n) is 10.7. The van der Waals surface area contributed by atoms with E-state index < -0.39 is 10.8 Å². The summed E-state index contributed by atoms with van der Waals surface area (Å²) in [6.45, 7) is 0. The topological polar surface area (TPSA) is 122 Å². The van der Waals surface area contributed by atoms with E-state index in [1.165, 1.54) is 12.1 Å². The molecule has 21 heavy (non-hydrogen) atoms. The molecule has 0 aliphatic carbocycles. The largest absolute Gasteiger partial charge is 0.398 e. The lowest BCUT2D eigenvalue weighted by Gasteiger charge is -2.07. The summed E-state index contributed by atoms with van der Waals surface area (Å²) in [7, 11) is 0. The summed E-state index contributed by atoms with van der Waals surface area (Å²) in [6.07, 6.45) is 0. The van der Waals surface area contributed by atoms with Gasteiger partial charge < -0.3 is 11.1 Å². The lowest BCUT2D eigenvalue weighted by atomic mass is 10.1. The number of hydrogen-bond donors (Lipinski definition) is 2. The lowest BCUT2D eigenvalue weighted by molar-refractivity contribution is -0.384. The molecule has 0 aliphatic heterocycles. The summed E-state index contributed by atoms with van der Waals surface area (Å²) >= 11 is 0. The van der Waals surface area contributed by atoms with Crippen molar-refractivity contribution < 1.29 is 9.72 Å². The minimum Gasteiger partial charge on any atom is -0.398 e. The van der Waals surface area contributed by atoms with Gasteiger partial charge in [0.1, 0.15) is 0 Å². The molecule has 0 unspecified atom stereocenters. The van der Waals surface area contributed by atoms with Gasteiger partial charge in [-0.2, -0.15) is 5.26 Å². The van der Waals surface area contributed by atoms with Crippen molar-refractivity contribution in [2.45, 2.75) is 0 Å². The highest BCUT2D eigenvalue weighted by Crippen LogP contribution is 2.21. The second-order valence-corrected chi connectivity index (χ2v) is 4.17. The maximum Gasteiger partial charge on any atom is 0.270 e. The number of non-ortho nitro benzene ring substituents is 1. The Hall–Kier alpha value is -3.40. The standard InChI is InChI=1S/C14H10N4O3/c15-8-9-1-3-10(4-2-9)17-14(19)12-7-11(18(20)21)5-6-13(12)16/h1-7H,16H2,(H,17,19). The summed E-state index contributed by atoms with van der Waals surface area (Å²) in [5.74, 6) is -0.555. The van der Waals surface area contributed by atoms with Crippen LogP contribution in [0.15, 0.2) is 42.5 Å². The molecular weight excluding hydrogens is 272 g/mol. The van der Waals surface area contributed by atoms with Gasteiger partial charge in [0.2, 0.25) is 0 Å². The van der Waals surface area contributed by atoms with E-state index >= 15 is 0 Å². The third kappa shape index (κ3) is 3.13. The number of nitrogen functional groups attached to an aromatic ring is 1. The molecule has 2 rings (SSSR count). The average Bonchev–Trinajstić information content (AvgIpc) is 2.48. The van der Waals surface area contributed by atoms with Crippen LogP contribution in [0, 0.1) is 21.4 Å². The monoisotopic (exact) mass is 282 g/mol. The van der Waals surface area contributed by atoms with Crippen LogP contribution < -0.4 is 11.1 Å². The molecule has 0 aromatic heterocycles. The van der Waals surface area contributed by atoms with E-state index in [1.54, 1.807) is 24.3 Å². The molecule has 1 amide bonds. The van der Waals surface area contributed by atoms with Gasteiger partial charge in [0, 0.05) is 23.5 Å². The lowest BCUT2D eigenvalue weighted by Crippen LogP contribution is -2.14. The molecular formula is C14H10N4O3. The van der Waals surface area contributed by atoms with Crippen molar-refractivity contribution in [3.63, 3.8) is 0 Å². The van der Waals surface area contributed by atoms with Gasteiger partial charge in [0.05, 0.1) is 22.1 Å². The number of rotatable bonds is 3. The number of nitriles is 1. The Bertz CT molecular complexity index is 748. The van der Waals surface area contributed by atoms with Crippen LogP contribution in [0.3, 0.4) is 0 Å². The van der Waals surface area contributed by atoms with E-state index in [0.29, 0.717) is 11.3 Å². The predicted molar refractivity (Wildman–Crippen MR) is 76.6 cm³/mol. The number of carbonyl (C=O) groups excluding carboxylic acids is 1. The highest BCUT2D eigenvalue weighted by Gasteiger charge is 2.15. The van der Waals surface area contributed by atoms with Gasteiger partial charge in [0.15, 0.2) is 0 Å². The molecule has 0 aliphatic rings. The number of anilines is 2. The van der Waals surface area contributed by atoms with Gasteiger partial charge in [-0.15, -0.1) is 0 Å². The Morgan fingerprint density at radius 2 is 1.90 bits per heavy atom. The van der Waals surface area contributed by atoms with Gasteiger partial charge >= 0.3 is 0 Å². The number of benzene rings is 2. The normalized spacial score (nSPS) is 9.67. The summed E-state index contributed by atoms with van der Waals surface area (Å²) < 4.78 is 0. The van der Waals surface area contributed by atoms with E-state index in [4.69, 9.17) is 11.0 Å². The number of nitrogens with zero attached hydrogens (tertiary/aromatic N) is 2. The molecule has 0 bridgehead atoms. The minimum atomic E-state index is -0.599. The molecule has 104 valence electrons. The third-order valence-electron chi connectivity index (χ3n) is 2.76. The Labute approximate surface area is 119 Å². The first-order valence-corrected chi connectivity index (χ1v) is 5.86. The highest BCUT2D eigenvalue weighted by molar-refractivity contribution is 6.08. The van der Waals surface area contributed by atoms with Gasteiger partial charge in [-0.1, -0.05) is 0 Å². The van der Waals surface area contributed by atoms with Gasteiger partial charge in [-0.25, -0.2) is 0 Å². The molecule has 0 saturated heterocycles. The van der Waals surface area contributed by atoms with Gasteiger partial charge in [-0.05, 0) is 30.3 Å². The fraction of sp³-hybridized carbons (Fsp3) is 0. The van der Waals surface area contributed by atoms with Crippen molar-refractivity contribution in [1.29, 1.82) is 5.26 Å². The number of carbonyl (C=O) groups is 1. The van der Waals surface area contributed by atoms with Crippen LogP contribution in [0.2, 0.25) is 0 Å². The van der Waals surface area contributed by atoms with E-state index in [9.17, 15) is 14.9 Å². The first-order chi connectivity index (χ1) is 10.0.